The summed E-state index contributed by atoms with van der Waals surface area (Å²) in [5.74, 6) is 0.216. The molecule has 0 saturated heterocycles. The number of hydrogen-bond acceptors (Lipinski definition) is 5. The molecule has 0 aliphatic carbocycles. The Morgan fingerprint density at radius 1 is 1.20 bits per heavy atom. The zero-order chi connectivity index (χ0) is 20.7. The lowest BCUT2D eigenvalue weighted by molar-refractivity contribution is 0.0997. The first-order valence-electron chi connectivity index (χ1n) is 9.51. The van der Waals surface area contributed by atoms with E-state index in [2.05, 4.69) is 15.3 Å². The van der Waals surface area contributed by atoms with Gasteiger partial charge in [-0.1, -0.05) is 30.3 Å². The van der Waals surface area contributed by atoms with Gasteiger partial charge in [-0.15, -0.1) is 0 Å². The molecule has 2 aromatic heterocycles. The number of primary amides is 1. The van der Waals surface area contributed by atoms with Gasteiger partial charge in [-0.3, -0.25) is 9.20 Å². The van der Waals surface area contributed by atoms with Crippen molar-refractivity contribution < 1.29 is 13.9 Å². The molecule has 4 aromatic rings. The molecule has 30 heavy (non-hydrogen) atoms. The van der Waals surface area contributed by atoms with Crippen LogP contribution in [0.4, 0.5) is 10.3 Å². The molecule has 0 bridgehead atoms. The van der Waals surface area contributed by atoms with Crippen molar-refractivity contribution in [3.63, 3.8) is 0 Å². The van der Waals surface area contributed by atoms with Gasteiger partial charge >= 0.3 is 0 Å². The highest BCUT2D eigenvalue weighted by molar-refractivity contribution is 6.02. The molecule has 2 aromatic carbocycles. The van der Waals surface area contributed by atoms with Crippen molar-refractivity contribution in [3.8, 4) is 16.9 Å². The number of nitrogens with two attached hydrogens (primary N) is 1. The monoisotopic (exact) mass is 403 g/mol. The average molecular weight is 403 g/mol. The van der Waals surface area contributed by atoms with Crippen LogP contribution in [-0.2, 0) is 13.0 Å². The molecule has 0 unspecified atom stereocenters. The second kappa shape index (κ2) is 7.14. The molecule has 0 radical (unpaired) electrons. The average Bonchev–Trinajstić information content (AvgIpc) is 3.41. The molecule has 0 atom stereocenters. The molecular weight excluding hydrogens is 385 g/mol. The predicted octanol–water partition coefficient (Wildman–Crippen LogP) is 3.18. The number of amides is 1. The fraction of sp³-hybridized carbons (Fsp3) is 0.136. The fourth-order valence-electron chi connectivity index (χ4n) is 3.83. The normalized spacial score (nSPS) is 12.6. The van der Waals surface area contributed by atoms with Crippen molar-refractivity contribution >= 4 is 17.4 Å². The Morgan fingerprint density at radius 2 is 2.03 bits per heavy atom. The van der Waals surface area contributed by atoms with Gasteiger partial charge in [0.05, 0.1) is 12.1 Å². The third kappa shape index (κ3) is 2.93. The van der Waals surface area contributed by atoms with E-state index in [4.69, 9.17) is 10.5 Å². The van der Waals surface area contributed by atoms with Gasteiger partial charge in [0.25, 0.3) is 5.91 Å². The lowest BCUT2D eigenvalue weighted by Crippen LogP contribution is -2.13. The number of fused-ring (bicyclic) bond motifs is 2. The van der Waals surface area contributed by atoms with Gasteiger partial charge in [-0.2, -0.15) is 0 Å². The first-order valence-corrected chi connectivity index (χ1v) is 9.51. The molecule has 1 aliphatic heterocycles. The number of rotatable bonds is 5. The molecule has 7 nitrogen and oxygen atoms in total. The van der Waals surface area contributed by atoms with Crippen LogP contribution in [0, 0.1) is 5.82 Å². The summed E-state index contributed by atoms with van der Waals surface area (Å²) in [5.41, 5.74) is 9.27. The van der Waals surface area contributed by atoms with Crippen molar-refractivity contribution in [1.82, 2.24) is 14.4 Å². The molecule has 0 spiro atoms. The molecule has 1 aliphatic rings. The van der Waals surface area contributed by atoms with Crippen LogP contribution in [0.1, 0.15) is 21.6 Å². The summed E-state index contributed by atoms with van der Waals surface area (Å²) in [6, 6.07) is 12.6. The van der Waals surface area contributed by atoms with Gasteiger partial charge in [0.2, 0.25) is 5.95 Å². The lowest BCUT2D eigenvalue weighted by atomic mass is 10.0. The Kier molecular flexibility index (Phi) is 4.31. The van der Waals surface area contributed by atoms with Gasteiger partial charge in [0, 0.05) is 35.9 Å². The van der Waals surface area contributed by atoms with Crippen molar-refractivity contribution in [2.45, 2.75) is 13.0 Å². The van der Waals surface area contributed by atoms with Gasteiger partial charge in [0.15, 0.2) is 5.69 Å². The van der Waals surface area contributed by atoms with Crippen LogP contribution >= 0.6 is 0 Å². The van der Waals surface area contributed by atoms with Gasteiger partial charge in [-0.05, 0) is 17.7 Å². The lowest BCUT2D eigenvalue weighted by Gasteiger charge is -2.13. The molecule has 0 fully saturated rings. The third-order valence-electron chi connectivity index (χ3n) is 5.25. The predicted molar refractivity (Wildman–Crippen MR) is 110 cm³/mol. The standard InChI is InChI=1S/C22H18FN5O2/c23-17-6-7-18-14(8-9-30-18)16(17)11-26-22-25-10-15(13-4-2-1-3-5-13)20-19(21(24)29)27-12-28(20)22/h1-7,10,12H,8-9,11H2,(H2,24,29)(H,25,26). The maximum Gasteiger partial charge on any atom is 0.269 e. The van der Waals surface area contributed by atoms with E-state index in [0.717, 1.165) is 16.7 Å². The summed E-state index contributed by atoms with van der Waals surface area (Å²) < 4.78 is 21.7. The van der Waals surface area contributed by atoms with E-state index >= 15 is 0 Å². The topological polar surface area (TPSA) is 94.5 Å². The van der Waals surface area contributed by atoms with E-state index in [1.54, 1.807) is 16.7 Å². The van der Waals surface area contributed by atoms with Crippen LogP contribution in [-0.4, -0.2) is 26.9 Å². The number of hydrogen-bond donors (Lipinski definition) is 2. The van der Waals surface area contributed by atoms with Gasteiger partial charge < -0.3 is 15.8 Å². The highest BCUT2D eigenvalue weighted by Crippen LogP contribution is 2.31. The molecule has 3 N–H and O–H groups in total. The summed E-state index contributed by atoms with van der Waals surface area (Å²) in [6.45, 7) is 0.763. The van der Waals surface area contributed by atoms with E-state index in [9.17, 15) is 9.18 Å². The van der Waals surface area contributed by atoms with Crippen molar-refractivity contribution in [2.24, 2.45) is 5.73 Å². The maximum atomic E-state index is 14.5. The maximum absolute atomic E-state index is 14.5. The van der Waals surface area contributed by atoms with E-state index in [-0.39, 0.29) is 18.1 Å². The first kappa shape index (κ1) is 18.1. The SMILES string of the molecule is NC(=O)c1ncn2c(NCc3c(F)ccc4c3CCO4)ncc(-c3ccccc3)c12. The van der Waals surface area contributed by atoms with Crippen LogP contribution in [0.2, 0.25) is 0 Å². The zero-order valence-corrected chi connectivity index (χ0v) is 15.9. The molecule has 1 amide bonds. The highest BCUT2D eigenvalue weighted by atomic mass is 19.1. The number of halogens is 1. The summed E-state index contributed by atoms with van der Waals surface area (Å²) in [7, 11) is 0. The fourth-order valence-corrected chi connectivity index (χ4v) is 3.83. The second-order valence-electron chi connectivity index (χ2n) is 6.99. The minimum Gasteiger partial charge on any atom is -0.493 e. The van der Waals surface area contributed by atoms with Crippen LogP contribution in [0.5, 0.6) is 5.75 Å². The number of benzene rings is 2. The summed E-state index contributed by atoms with van der Waals surface area (Å²) in [5, 5.41) is 3.17. The molecule has 3 heterocycles. The molecule has 8 heteroatoms. The van der Waals surface area contributed by atoms with Crippen LogP contribution in [0.3, 0.4) is 0 Å². The minimum atomic E-state index is -0.629. The van der Waals surface area contributed by atoms with Crippen molar-refractivity contribution in [2.75, 3.05) is 11.9 Å². The van der Waals surface area contributed by atoms with Crippen LogP contribution < -0.4 is 15.8 Å². The third-order valence-corrected chi connectivity index (χ3v) is 5.25. The number of imidazole rings is 1. The van der Waals surface area contributed by atoms with E-state index in [0.29, 0.717) is 35.8 Å². The number of carbonyl (C=O) groups is 1. The Bertz CT molecular complexity index is 1270. The Balaban J connectivity index is 1.57. The molecule has 150 valence electrons. The molecule has 5 rings (SSSR count). The molecular formula is C22H18FN5O2. The number of nitrogens with one attached hydrogen (secondary N) is 1. The van der Waals surface area contributed by atoms with Gasteiger partial charge in [-0.25, -0.2) is 14.4 Å². The van der Waals surface area contributed by atoms with E-state index in [1.807, 2.05) is 30.3 Å². The van der Waals surface area contributed by atoms with E-state index in [1.165, 1.54) is 12.4 Å². The molecule has 0 saturated carbocycles. The van der Waals surface area contributed by atoms with Crippen molar-refractivity contribution in [3.05, 3.63) is 77.6 Å². The number of carbonyl (C=O) groups excluding carboxylic acids is 1. The van der Waals surface area contributed by atoms with Crippen LogP contribution in [0.25, 0.3) is 16.6 Å². The zero-order valence-electron chi connectivity index (χ0n) is 15.9. The largest absolute Gasteiger partial charge is 0.493 e. The van der Waals surface area contributed by atoms with E-state index < -0.39 is 5.91 Å². The quantitative estimate of drug-likeness (QED) is 0.534. The number of ether oxygens (including phenoxy) is 1. The smallest absolute Gasteiger partial charge is 0.269 e. The van der Waals surface area contributed by atoms with Crippen molar-refractivity contribution in [1.29, 1.82) is 0 Å². The summed E-state index contributed by atoms with van der Waals surface area (Å²) >= 11 is 0. The van der Waals surface area contributed by atoms with Gasteiger partial charge in [0.1, 0.15) is 17.9 Å². The Hall–Kier alpha value is -3.94. The second-order valence-corrected chi connectivity index (χ2v) is 6.99. The number of aromatic nitrogens is 3. The highest BCUT2D eigenvalue weighted by Gasteiger charge is 2.21. The van der Waals surface area contributed by atoms with Crippen LogP contribution in [0.15, 0.2) is 55.0 Å². The summed E-state index contributed by atoms with van der Waals surface area (Å²) in [4.78, 5) is 20.7. The number of anilines is 1. The minimum absolute atomic E-state index is 0.152. The number of nitrogens with zero attached hydrogens (tertiary/aromatic N) is 3. The Labute approximate surface area is 171 Å². The summed E-state index contributed by atoms with van der Waals surface area (Å²) in [6.07, 6.45) is 3.82. The Morgan fingerprint density at radius 3 is 2.83 bits per heavy atom. The first-order chi connectivity index (χ1) is 14.6.